The van der Waals surface area contributed by atoms with Gasteiger partial charge in [-0.15, -0.1) is 0 Å². The van der Waals surface area contributed by atoms with E-state index in [0.29, 0.717) is 0 Å². The number of rotatable bonds is 3. The molecule has 1 saturated heterocycles. The molecule has 4 rings (SSSR count). The summed E-state index contributed by atoms with van der Waals surface area (Å²) in [5.41, 5.74) is 3.81. The number of carboxylic acids is 1. The number of aromatic amines is 1. The molecule has 7 nitrogen and oxygen atoms in total. The van der Waals surface area contributed by atoms with Gasteiger partial charge in [0.1, 0.15) is 0 Å². The number of carbonyl (C=O) groups is 1. The molecule has 1 aromatic carbocycles. The summed E-state index contributed by atoms with van der Waals surface area (Å²) >= 11 is 3.58. The highest BCUT2D eigenvalue weighted by Crippen LogP contribution is 2.25. The third-order valence-corrected chi connectivity index (χ3v) is 5.51. The van der Waals surface area contributed by atoms with Crippen LogP contribution in [-0.4, -0.2) is 62.9 Å². The Kier molecular flexibility index (Phi) is 6.95. The van der Waals surface area contributed by atoms with Gasteiger partial charge in [-0.05, 0) is 30.7 Å². The lowest BCUT2D eigenvalue weighted by molar-refractivity contribution is -0.192. The highest BCUT2D eigenvalue weighted by atomic mass is 79.9. The number of hydrogen-bond donors (Lipinski definition) is 2. The number of benzene rings is 1. The van der Waals surface area contributed by atoms with Gasteiger partial charge in [0.05, 0.1) is 0 Å². The number of H-pyrrole nitrogens is 1. The Labute approximate surface area is 185 Å². The Morgan fingerprint density at radius 1 is 1.23 bits per heavy atom. The van der Waals surface area contributed by atoms with Crippen LogP contribution in [0.1, 0.15) is 11.3 Å². The maximum atomic E-state index is 10.6. The van der Waals surface area contributed by atoms with E-state index in [2.05, 4.69) is 72.4 Å². The molecule has 11 heteroatoms. The first-order chi connectivity index (χ1) is 14.5. The molecule has 31 heavy (non-hydrogen) atoms. The van der Waals surface area contributed by atoms with Crippen LogP contribution in [0, 0.1) is 6.92 Å². The summed E-state index contributed by atoms with van der Waals surface area (Å²) in [7, 11) is 2.06. The molecule has 1 fully saturated rings. The zero-order valence-corrected chi connectivity index (χ0v) is 18.7. The Hall–Kier alpha value is -2.53. The number of aromatic nitrogens is 3. The van der Waals surface area contributed by atoms with Gasteiger partial charge in [-0.25, -0.2) is 9.78 Å². The van der Waals surface area contributed by atoms with Gasteiger partial charge in [0.2, 0.25) is 5.95 Å². The van der Waals surface area contributed by atoms with Crippen molar-refractivity contribution < 1.29 is 23.1 Å². The van der Waals surface area contributed by atoms with Gasteiger partial charge in [-0.3, -0.25) is 4.90 Å². The van der Waals surface area contributed by atoms with Gasteiger partial charge < -0.3 is 19.6 Å². The van der Waals surface area contributed by atoms with Crippen molar-refractivity contribution >= 4 is 38.8 Å². The van der Waals surface area contributed by atoms with Crippen LogP contribution >= 0.6 is 15.9 Å². The second-order valence-corrected chi connectivity index (χ2v) is 8.30. The van der Waals surface area contributed by atoms with Crippen LogP contribution < -0.4 is 4.90 Å². The standard InChI is InChI=1S/C18H22BrN5.C2HF3O2/c1-13-9-14(19)10-17-16(13)11-15(21-17)12-23-5-7-24(8-6-23)18-20-3-4-22(18)2;3-2(4,5)1(6)7/h3-4,9-11,21H,5-8,12H2,1-2H3;(H,6,7). The van der Waals surface area contributed by atoms with E-state index in [1.54, 1.807) is 0 Å². The molecule has 1 aliphatic rings. The molecule has 0 amide bonds. The largest absolute Gasteiger partial charge is 0.490 e. The number of fused-ring (bicyclic) bond motifs is 1. The summed E-state index contributed by atoms with van der Waals surface area (Å²) in [5.74, 6) is -1.69. The maximum Gasteiger partial charge on any atom is 0.490 e. The Balaban J connectivity index is 0.000000339. The van der Waals surface area contributed by atoms with Crippen molar-refractivity contribution in [1.82, 2.24) is 19.4 Å². The second-order valence-electron chi connectivity index (χ2n) is 7.38. The Morgan fingerprint density at radius 2 is 1.87 bits per heavy atom. The Bertz CT molecular complexity index is 1050. The molecule has 0 saturated carbocycles. The van der Waals surface area contributed by atoms with E-state index >= 15 is 0 Å². The summed E-state index contributed by atoms with van der Waals surface area (Å²) in [6.07, 6.45) is -1.21. The van der Waals surface area contributed by atoms with Crippen LogP contribution in [0.3, 0.4) is 0 Å². The predicted molar refractivity (Wildman–Crippen MR) is 115 cm³/mol. The van der Waals surface area contributed by atoms with Crippen molar-refractivity contribution in [2.24, 2.45) is 7.05 Å². The van der Waals surface area contributed by atoms with Gasteiger partial charge in [-0.1, -0.05) is 15.9 Å². The first kappa shape index (κ1) is 23.1. The van der Waals surface area contributed by atoms with Crippen LogP contribution in [-0.2, 0) is 18.4 Å². The van der Waals surface area contributed by atoms with Crippen molar-refractivity contribution in [3.63, 3.8) is 0 Å². The lowest BCUT2D eigenvalue weighted by Crippen LogP contribution is -2.46. The number of nitrogens with zero attached hydrogens (tertiary/aromatic N) is 4. The van der Waals surface area contributed by atoms with Crippen LogP contribution in [0.2, 0.25) is 0 Å². The summed E-state index contributed by atoms with van der Waals surface area (Å²) in [6.45, 7) is 7.30. The average Bonchev–Trinajstić information content (AvgIpc) is 3.28. The number of nitrogens with one attached hydrogen (secondary N) is 1. The number of carboxylic acid groups (broad SMARTS) is 1. The first-order valence-electron chi connectivity index (χ1n) is 9.57. The molecule has 0 radical (unpaired) electrons. The van der Waals surface area contributed by atoms with Gasteiger partial charge in [0.25, 0.3) is 0 Å². The van der Waals surface area contributed by atoms with Crippen LogP contribution in [0.4, 0.5) is 19.1 Å². The molecule has 2 aromatic heterocycles. The molecule has 0 aliphatic carbocycles. The fourth-order valence-electron chi connectivity index (χ4n) is 3.53. The van der Waals surface area contributed by atoms with Gasteiger partial charge in [0, 0.05) is 73.2 Å². The van der Waals surface area contributed by atoms with E-state index in [1.807, 2.05) is 12.4 Å². The van der Waals surface area contributed by atoms with Gasteiger partial charge in [0.15, 0.2) is 0 Å². The molecular formula is C20H23BrF3N5O2. The van der Waals surface area contributed by atoms with Gasteiger partial charge in [-0.2, -0.15) is 13.2 Å². The zero-order valence-electron chi connectivity index (χ0n) is 17.1. The summed E-state index contributed by atoms with van der Waals surface area (Å²) in [5, 5.41) is 8.44. The molecular weight excluding hydrogens is 479 g/mol. The SMILES string of the molecule is Cc1cc(Br)cc2[nH]c(CN3CCN(c4nccn4C)CC3)cc12.O=C(O)C(F)(F)F. The number of piperazine rings is 1. The molecule has 0 spiro atoms. The van der Waals surface area contributed by atoms with Crippen molar-refractivity contribution in [2.75, 3.05) is 31.1 Å². The summed E-state index contributed by atoms with van der Waals surface area (Å²) in [4.78, 5) is 21.8. The number of imidazole rings is 1. The van der Waals surface area contributed by atoms with E-state index in [1.165, 1.54) is 22.2 Å². The topological polar surface area (TPSA) is 77.4 Å². The zero-order chi connectivity index (χ0) is 22.8. The smallest absolute Gasteiger partial charge is 0.475 e. The van der Waals surface area contributed by atoms with Crippen molar-refractivity contribution in [3.8, 4) is 0 Å². The molecule has 1 aliphatic heterocycles. The molecule has 2 N–H and O–H groups in total. The quantitative estimate of drug-likeness (QED) is 0.568. The lowest BCUT2D eigenvalue weighted by atomic mass is 10.1. The lowest BCUT2D eigenvalue weighted by Gasteiger charge is -2.35. The molecule has 0 bridgehead atoms. The van der Waals surface area contributed by atoms with Gasteiger partial charge >= 0.3 is 12.1 Å². The molecule has 3 aromatic rings. The van der Waals surface area contributed by atoms with E-state index in [0.717, 1.165) is 43.1 Å². The highest BCUT2D eigenvalue weighted by Gasteiger charge is 2.38. The van der Waals surface area contributed by atoms with Crippen LogP contribution in [0.5, 0.6) is 0 Å². The fourth-order valence-corrected chi connectivity index (χ4v) is 4.10. The summed E-state index contributed by atoms with van der Waals surface area (Å²) < 4.78 is 35.0. The molecule has 168 valence electrons. The third kappa shape index (κ3) is 5.79. The second kappa shape index (κ2) is 9.31. The maximum absolute atomic E-state index is 10.6. The minimum Gasteiger partial charge on any atom is -0.475 e. The van der Waals surface area contributed by atoms with E-state index < -0.39 is 12.1 Å². The van der Waals surface area contributed by atoms with Crippen LogP contribution in [0.15, 0.2) is 35.1 Å². The number of aryl methyl sites for hydroxylation is 2. The van der Waals surface area contributed by atoms with E-state index in [4.69, 9.17) is 9.90 Å². The highest BCUT2D eigenvalue weighted by molar-refractivity contribution is 9.10. The monoisotopic (exact) mass is 501 g/mol. The first-order valence-corrected chi connectivity index (χ1v) is 10.4. The number of aliphatic carboxylic acids is 1. The summed E-state index contributed by atoms with van der Waals surface area (Å²) in [6, 6.07) is 6.62. The Morgan fingerprint density at radius 3 is 2.42 bits per heavy atom. The number of anilines is 1. The van der Waals surface area contributed by atoms with Crippen molar-refractivity contribution in [1.29, 1.82) is 0 Å². The molecule has 0 atom stereocenters. The number of halogens is 4. The number of alkyl halides is 3. The van der Waals surface area contributed by atoms with E-state index in [-0.39, 0.29) is 0 Å². The van der Waals surface area contributed by atoms with Crippen molar-refractivity contribution in [2.45, 2.75) is 19.6 Å². The van der Waals surface area contributed by atoms with E-state index in [9.17, 15) is 13.2 Å². The molecule has 3 heterocycles. The number of hydrogen-bond acceptors (Lipinski definition) is 4. The average molecular weight is 502 g/mol. The van der Waals surface area contributed by atoms with Crippen molar-refractivity contribution in [3.05, 3.63) is 46.3 Å². The normalized spacial score (nSPS) is 15.1. The molecule has 0 unspecified atom stereocenters. The minimum absolute atomic E-state index is 0.972. The van der Waals surface area contributed by atoms with Crippen LogP contribution in [0.25, 0.3) is 10.9 Å². The predicted octanol–water partition coefficient (Wildman–Crippen LogP) is 3.93. The fraction of sp³-hybridized carbons (Fsp3) is 0.400. The third-order valence-electron chi connectivity index (χ3n) is 5.05. The minimum atomic E-state index is -5.08.